The van der Waals surface area contributed by atoms with E-state index in [-0.39, 0.29) is 11.4 Å². The van der Waals surface area contributed by atoms with Gasteiger partial charge in [-0.25, -0.2) is 4.79 Å². The molecule has 1 aromatic heterocycles. The Morgan fingerprint density at radius 3 is 2.74 bits per heavy atom. The van der Waals surface area contributed by atoms with Crippen LogP contribution in [0.2, 0.25) is 0 Å². The van der Waals surface area contributed by atoms with Crippen molar-refractivity contribution in [3.05, 3.63) is 29.5 Å². The van der Waals surface area contributed by atoms with E-state index in [1.54, 1.807) is 6.07 Å². The number of nitrogens with one attached hydrogen (secondary N) is 1. The van der Waals surface area contributed by atoms with Crippen LogP contribution in [0.25, 0.3) is 11.3 Å². The van der Waals surface area contributed by atoms with E-state index in [2.05, 4.69) is 10.2 Å². The van der Waals surface area contributed by atoms with Crippen LogP contribution >= 0.6 is 0 Å². The summed E-state index contributed by atoms with van der Waals surface area (Å²) in [5.41, 5.74) is 1.71. The van der Waals surface area contributed by atoms with E-state index >= 15 is 0 Å². The molecule has 6 nitrogen and oxygen atoms in total. The number of carboxylic acid groups (broad SMARTS) is 1. The summed E-state index contributed by atoms with van der Waals surface area (Å²) in [7, 11) is 1.46. The van der Waals surface area contributed by atoms with Crippen molar-refractivity contribution in [3.8, 4) is 22.8 Å². The minimum absolute atomic E-state index is 0.0285. The number of aromatic amines is 1. The van der Waals surface area contributed by atoms with E-state index in [0.717, 1.165) is 5.56 Å². The number of carbonyl (C=O) groups is 1. The highest BCUT2D eigenvalue weighted by molar-refractivity contribution is 5.87. The summed E-state index contributed by atoms with van der Waals surface area (Å²) in [6, 6.07) is 4.88. The molecule has 0 spiro atoms. The molecule has 0 bridgehead atoms. The lowest BCUT2D eigenvalue weighted by Gasteiger charge is -2.11. The SMILES string of the molecule is CCc1ccc(OC)c(O)c1-c1cc(C(=O)O)[nH]n1. The molecule has 100 valence electrons. The van der Waals surface area contributed by atoms with Crippen LogP contribution in [0.4, 0.5) is 0 Å². The van der Waals surface area contributed by atoms with Crippen LogP contribution in [-0.2, 0) is 6.42 Å². The molecule has 0 amide bonds. The van der Waals surface area contributed by atoms with Crippen molar-refractivity contribution >= 4 is 5.97 Å². The highest BCUT2D eigenvalue weighted by Gasteiger charge is 2.18. The molecule has 19 heavy (non-hydrogen) atoms. The second-order valence-electron chi connectivity index (χ2n) is 3.98. The van der Waals surface area contributed by atoms with Crippen molar-refractivity contribution in [3.63, 3.8) is 0 Å². The number of ether oxygens (including phenoxy) is 1. The van der Waals surface area contributed by atoms with Crippen molar-refractivity contribution in [1.82, 2.24) is 10.2 Å². The van der Waals surface area contributed by atoms with Crippen molar-refractivity contribution < 1.29 is 19.7 Å². The van der Waals surface area contributed by atoms with Crippen LogP contribution in [0.3, 0.4) is 0 Å². The average Bonchev–Trinajstić information content (AvgIpc) is 2.87. The molecule has 3 N–H and O–H groups in total. The van der Waals surface area contributed by atoms with E-state index in [4.69, 9.17) is 9.84 Å². The Morgan fingerprint density at radius 2 is 2.21 bits per heavy atom. The Bertz CT molecular complexity index is 619. The van der Waals surface area contributed by atoms with Crippen LogP contribution < -0.4 is 4.74 Å². The number of methoxy groups -OCH3 is 1. The molecule has 0 saturated carbocycles. The lowest BCUT2D eigenvalue weighted by atomic mass is 10.0. The van der Waals surface area contributed by atoms with E-state index in [9.17, 15) is 9.90 Å². The molecule has 0 fully saturated rings. The number of hydrogen-bond donors (Lipinski definition) is 3. The zero-order valence-electron chi connectivity index (χ0n) is 10.6. The van der Waals surface area contributed by atoms with Gasteiger partial charge in [-0.3, -0.25) is 5.10 Å². The Morgan fingerprint density at radius 1 is 1.47 bits per heavy atom. The highest BCUT2D eigenvalue weighted by atomic mass is 16.5. The third-order valence-electron chi connectivity index (χ3n) is 2.89. The fraction of sp³-hybridized carbons (Fsp3) is 0.231. The molecule has 0 saturated heterocycles. The topological polar surface area (TPSA) is 95.4 Å². The van der Waals surface area contributed by atoms with Crippen molar-refractivity contribution in [2.75, 3.05) is 7.11 Å². The van der Waals surface area contributed by atoms with Gasteiger partial charge < -0.3 is 14.9 Å². The molecule has 0 radical (unpaired) electrons. The van der Waals surface area contributed by atoms with E-state index < -0.39 is 5.97 Å². The van der Waals surface area contributed by atoms with Gasteiger partial charge in [0.05, 0.1) is 18.4 Å². The number of nitrogens with zero attached hydrogens (tertiary/aromatic N) is 1. The maximum atomic E-state index is 10.8. The molecule has 0 aliphatic heterocycles. The van der Waals surface area contributed by atoms with Crippen molar-refractivity contribution in [2.45, 2.75) is 13.3 Å². The normalized spacial score (nSPS) is 10.4. The summed E-state index contributed by atoms with van der Waals surface area (Å²) in [6.07, 6.45) is 0.683. The van der Waals surface area contributed by atoms with Gasteiger partial charge in [-0.2, -0.15) is 5.10 Å². The van der Waals surface area contributed by atoms with Crippen LogP contribution in [0.1, 0.15) is 23.0 Å². The predicted molar refractivity (Wildman–Crippen MR) is 68.6 cm³/mol. The zero-order chi connectivity index (χ0) is 14.0. The Labute approximate surface area is 109 Å². The Kier molecular flexibility index (Phi) is 3.41. The number of H-pyrrole nitrogens is 1. The maximum Gasteiger partial charge on any atom is 0.353 e. The van der Waals surface area contributed by atoms with E-state index in [1.165, 1.54) is 13.2 Å². The minimum atomic E-state index is -1.10. The number of hydrogen-bond acceptors (Lipinski definition) is 4. The molecule has 1 heterocycles. The van der Waals surface area contributed by atoms with Gasteiger partial charge in [0.15, 0.2) is 11.5 Å². The standard InChI is InChI=1S/C13H14N2O4/c1-3-7-4-5-10(19-2)12(16)11(7)8-6-9(13(17)18)15-14-8/h4-6,16H,3H2,1-2H3,(H,14,15)(H,17,18). The van der Waals surface area contributed by atoms with Crippen LogP contribution in [0.5, 0.6) is 11.5 Å². The molecule has 2 rings (SSSR count). The molecule has 0 aliphatic rings. The average molecular weight is 262 g/mol. The molecule has 0 unspecified atom stereocenters. The second kappa shape index (κ2) is 5.01. The van der Waals surface area contributed by atoms with Gasteiger partial charge >= 0.3 is 5.97 Å². The third kappa shape index (κ3) is 2.24. The second-order valence-corrected chi connectivity index (χ2v) is 3.98. The van der Waals surface area contributed by atoms with Gasteiger partial charge in [0.2, 0.25) is 0 Å². The zero-order valence-corrected chi connectivity index (χ0v) is 10.6. The summed E-state index contributed by atoms with van der Waals surface area (Å²) >= 11 is 0. The van der Waals surface area contributed by atoms with Crippen molar-refractivity contribution in [1.29, 1.82) is 0 Å². The minimum Gasteiger partial charge on any atom is -0.504 e. The maximum absolute atomic E-state index is 10.8. The molecule has 2 aromatic rings. The first-order chi connectivity index (χ1) is 9.08. The largest absolute Gasteiger partial charge is 0.504 e. The number of aryl methyl sites for hydroxylation is 1. The van der Waals surface area contributed by atoms with Crippen LogP contribution in [0, 0.1) is 0 Å². The number of aromatic hydroxyl groups is 1. The first-order valence-corrected chi connectivity index (χ1v) is 5.76. The fourth-order valence-corrected chi connectivity index (χ4v) is 1.92. The summed E-state index contributed by atoms with van der Waals surface area (Å²) in [5, 5.41) is 25.4. The molecule has 0 atom stereocenters. The lowest BCUT2D eigenvalue weighted by molar-refractivity contribution is 0.0690. The predicted octanol–water partition coefficient (Wildman–Crippen LogP) is 2.05. The number of phenolic OH excluding ortho intramolecular Hbond substituents is 1. The van der Waals surface area contributed by atoms with Gasteiger partial charge in [0, 0.05) is 0 Å². The van der Waals surface area contributed by atoms with Gasteiger partial charge in [0.25, 0.3) is 0 Å². The van der Waals surface area contributed by atoms with Gasteiger partial charge in [0.1, 0.15) is 5.69 Å². The van der Waals surface area contributed by atoms with E-state index in [1.807, 2.05) is 13.0 Å². The number of rotatable bonds is 4. The number of aromatic carboxylic acids is 1. The summed E-state index contributed by atoms with van der Waals surface area (Å²) < 4.78 is 5.06. The highest BCUT2D eigenvalue weighted by Crippen LogP contribution is 2.39. The molecule has 0 aliphatic carbocycles. The quantitative estimate of drug-likeness (QED) is 0.783. The summed E-state index contributed by atoms with van der Waals surface area (Å²) in [6.45, 7) is 1.94. The fourth-order valence-electron chi connectivity index (χ4n) is 1.92. The lowest BCUT2D eigenvalue weighted by Crippen LogP contribution is -1.95. The molecular formula is C13H14N2O4. The Hall–Kier alpha value is -2.50. The van der Waals surface area contributed by atoms with Gasteiger partial charge in [-0.05, 0) is 24.1 Å². The first-order valence-electron chi connectivity index (χ1n) is 5.76. The van der Waals surface area contributed by atoms with Crippen LogP contribution in [0.15, 0.2) is 18.2 Å². The number of carboxylic acids is 1. The Balaban J connectivity index is 2.61. The number of benzene rings is 1. The molecule has 6 heteroatoms. The van der Waals surface area contributed by atoms with Crippen LogP contribution in [-0.4, -0.2) is 33.5 Å². The number of phenols is 1. The van der Waals surface area contributed by atoms with E-state index in [0.29, 0.717) is 23.4 Å². The first kappa shape index (κ1) is 12.9. The third-order valence-corrected chi connectivity index (χ3v) is 2.89. The monoisotopic (exact) mass is 262 g/mol. The van der Waals surface area contributed by atoms with Gasteiger partial charge in [-0.1, -0.05) is 13.0 Å². The van der Waals surface area contributed by atoms with Gasteiger partial charge in [-0.15, -0.1) is 0 Å². The van der Waals surface area contributed by atoms with Crippen molar-refractivity contribution in [2.24, 2.45) is 0 Å². The smallest absolute Gasteiger partial charge is 0.353 e. The molecule has 1 aromatic carbocycles. The molecular weight excluding hydrogens is 248 g/mol. The summed E-state index contributed by atoms with van der Waals surface area (Å²) in [5.74, 6) is -0.809. The summed E-state index contributed by atoms with van der Waals surface area (Å²) in [4.78, 5) is 10.8. The number of aromatic nitrogens is 2.